The summed E-state index contributed by atoms with van der Waals surface area (Å²) in [5, 5.41) is 2.82. The van der Waals surface area contributed by atoms with Crippen molar-refractivity contribution in [1.29, 1.82) is 0 Å². The molecule has 1 aromatic heterocycles. The second kappa shape index (κ2) is 12.6. The highest BCUT2D eigenvalue weighted by atomic mass is 32.2. The van der Waals surface area contributed by atoms with Crippen LogP contribution < -0.4 is 25.1 Å². The highest BCUT2D eigenvalue weighted by Crippen LogP contribution is 2.40. The van der Waals surface area contributed by atoms with Gasteiger partial charge in [-0.05, 0) is 30.5 Å². The van der Waals surface area contributed by atoms with Crippen molar-refractivity contribution in [2.75, 3.05) is 32.4 Å². The average molecular weight is 548 g/mol. The quantitative estimate of drug-likeness (QED) is 0.257. The molecule has 0 aliphatic rings. The number of aryl methyl sites for hydroxylation is 1. The number of carbonyl (C=O) groups excluding carboxylic acids is 1. The van der Waals surface area contributed by atoms with E-state index in [2.05, 4.69) is 22.2 Å². The molecule has 0 bridgehead atoms. The third kappa shape index (κ3) is 6.83. The van der Waals surface area contributed by atoms with Gasteiger partial charge in [0.15, 0.2) is 21.6 Å². The molecule has 0 atom stereocenters. The molecule has 0 fully saturated rings. The number of hydrogen-bond donors (Lipinski definition) is 2. The third-order valence-corrected chi connectivity index (χ3v) is 8.02. The molecule has 0 saturated heterocycles. The van der Waals surface area contributed by atoms with E-state index in [0.717, 1.165) is 42.8 Å². The molecule has 198 valence electrons. The van der Waals surface area contributed by atoms with Gasteiger partial charge in [-0.25, -0.2) is 13.4 Å². The molecule has 0 unspecified atom stereocenters. The Bertz CT molecular complexity index is 1380. The van der Waals surface area contributed by atoms with Gasteiger partial charge in [0.05, 0.1) is 38.2 Å². The smallest absolute Gasteiger partial charge is 0.270 e. The summed E-state index contributed by atoms with van der Waals surface area (Å²) in [5.41, 5.74) is 0.644. The third-order valence-electron chi connectivity index (χ3n) is 5.37. The average Bonchev–Trinajstić information content (AvgIpc) is 2.90. The van der Waals surface area contributed by atoms with Gasteiger partial charge in [-0.2, -0.15) is 0 Å². The Morgan fingerprint density at radius 3 is 2.24 bits per heavy atom. The minimum atomic E-state index is -4.04. The second-order valence-corrected chi connectivity index (χ2v) is 10.8. The van der Waals surface area contributed by atoms with E-state index >= 15 is 0 Å². The van der Waals surface area contributed by atoms with Crippen LogP contribution in [0, 0.1) is 0 Å². The number of sulfone groups is 1. The van der Waals surface area contributed by atoms with Crippen LogP contribution in [0.25, 0.3) is 0 Å². The molecule has 0 radical (unpaired) electrons. The predicted octanol–water partition coefficient (Wildman–Crippen LogP) is 3.70. The molecule has 3 rings (SSSR count). The predicted molar refractivity (Wildman–Crippen MR) is 141 cm³/mol. The van der Waals surface area contributed by atoms with Gasteiger partial charge in [0.2, 0.25) is 21.5 Å². The van der Waals surface area contributed by atoms with E-state index in [-0.39, 0.29) is 21.7 Å². The maximum absolute atomic E-state index is 13.0. The molecular formula is C25H29N3O7S2. The summed E-state index contributed by atoms with van der Waals surface area (Å²) in [6, 6.07) is 9.66. The summed E-state index contributed by atoms with van der Waals surface area (Å²) in [6.07, 6.45) is 3.92. The highest BCUT2D eigenvalue weighted by Gasteiger charge is 2.22. The Morgan fingerprint density at radius 1 is 1.05 bits per heavy atom. The first-order valence-electron chi connectivity index (χ1n) is 11.4. The number of hydrogen-bond acceptors (Lipinski definition) is 9. The topological polar surface area (TPSA) is 137 Å². The number of unbranched alkanes of at least 4 members (excludes halogenated alkanes) is 1. The maximum atomic E-state index is 13.0. The van der Waals surface area contributed by atoms with Crippen molar-refractivity contribution in [3.63, 3.8) is 0 Å². The van der Waals surface area contributed by atoms with Crippen LogP contribution in [0.4, 0.5) is 5.69 Å². The molecule has 12 heteroatoms. The lowest BCUT2D eigenvalue weighted by Crippen LogP contribution is -2.20. The Morgan fingerprint density at radius 2 is 1.70 bits per heavy atom. The van der Waals surface area contributed by atoms with Gasteiger partial charge in [-0.3, -0.25) is 9.59 Å². The van der Waals surface area contributed by atoms with Crippen molar-refractivity contribution in [3.8, 4) is 17.2 Å². The molecular weight excluding hydrogens is 518 g/mol. The molecule has 2 aromatic carbocycles. The fraction of sp³-hybridized carbons (Fsp3) is 0.320. The van der Waals surface area contributed by atoms with E-state index in [0.29, 0.717) is 22.9 Å². The summed E-state index contributed by atoms with van der Waals surface area (Å²) in [4.78, 5) is 31.1. The normalized spacial score (nSPS) is 11.1. The van der Waals surface area contributed by atoms with Crippen molar-refractivity contribution in [2.45, 2.75) is 41.1 Å². The van der Waals surface area contributed by atoms with Crippen LogP contribution in [0.15, 0.2) is 62.3 Å². The first kappa shape index (κ1) is 28.1. The van der Waals surface area contributed by atoms with Gasteiger partial charge in [0.1, 0.15) is 0 Å². The van der Waals surface area contributed by atoms with E-state index in [4.69, 9.17) is 14.2 Å². The number of nitrogens with zero attached hydrogens (tertiary/aromatic N) is 1. The molecule has 37 heavy (non-hydrogen) atoms. The summed E-state index contributed by atoms with van der Waals surface area (Å²) in [7, 11) is 0.364. The Kier molecular flexibility index (Phi) is 9.59. The number of H-pyrrole nitrogens is 1. The van der Waals surface area contributed by atoms with Gasteiger partial charge in [0.25, 0.3) is 5.56 Å². The zero-order chi connectivity index (χ0) is 27.0. The summed E-state index contributed by atoms with van der Waals surface area (Å²) in [5.74, 6) is 0.667. The zero-order valence-corrected chi connectivity index (χ0v) is 22.6. The number of anilines is 1. The first-order chi connectivity index (χ1) is 17.7. The van der Waals surface area contributed by atoms with Crippen molar-refractivity contribution < 1.29 is 27.4 Å². The number of nitrogens with one attached hydrogen (secondary N) is 2. The van der Waals surface area contributed by atoms with E-state index < -0.39 is 20.3 Å². The van der Waals surface area contributed by atoms with Crippen molar-refractivity contribution in [3.05, 3.63) is 58.5 Å². The molecule has 0 spiro atoms. The van der Waals surface area contributed by atoms with E-state index in [1.54, 1.807) is 24.3 Å². The number of aromatic nitrogens is 2. The maximum Gasteiger partial charge on any atom is 0.270 e. The van der Waals surface area contributed by atoms with Crippen LogP contribution in [-0.2, 0) is 21.1 Å². The first-order valence-corrected chi connectivity index (χ1v) is 13.9. The SMILES string of the molecule is CCCCc1ccc(S(=O)(=O)c2cnc(SCC(=O)Nc3cc(OC)c(OC)c(OC)c3)[nH]c2=O)cc1. The Balaban J connectivity index is 1.68. The fourth-order valence-electron chi connectivity index (χ4n) is 3.46. The summed E-state index contributed by atoms with van der Waals surface area (Å²) >= 11 is 0.953. The van der Waals surface area contributed by atoms with Crippen LogP contribution in [0.2, 0.25) is 0 Å². The molecule has 3 aromatic rings. The fourth-order valence-corrected chi connectivity index (χ4v) is 5.33. The number of aromatic amines is 1. The lowest BCUT2D eigenvalue weighted by Gasteiger charge is -2.14. The Labute approximate surface area is 219 Å². The molecule has 1 amide bonds. The number of carbonyl (C=O) groups is 1. The van der Waals surface area contributed by atoms with Crippen LogP contribution in [0.5, 0.6) is 17.2 Å². The number of benzene rings is 2. The number of rotatable bonds is 12. The molecule has 10 nitrogen and oxygen atoms in total. The molecule has 2 N–H and O–H groups in total. The van der Waals surface area contributed by atoms with Gasteiger partial charge < -0.3 is 24.5 Å². The zero-order valence-electron chi connectivity index (χ0n) is 21.0. The molecule has 1 heterocycles. The van der Waals surface area contributed by atoms with Gasteiger partial charge in [-0.15, -0.1) is 0 Å². The summed E-state index contributed by atoms with van der Waals surface area (Å²) in [6.45, 7) is 2.09. The largest absolute Gasteiger partial charge is 0.493 e. The standard InChI is InChI=1S/C25H29N3O7S2/c1-5-6-7-16-8-10-18(11-9-16)37(31,32)21-14-26-25(28-24(21)30)36-15-22(29)27-17-12-19(33-2)23(35-4)20(13-17)34-3/h8-14H,5-7,15H2,1-4H3,(H,27,29)(H,26,28,30). The Hall–Kier alpha value is -3.51. The summed E-state index contributed by atoms with van der Waals surface area (Å²) < 4.78 is 41.7. The van der Waals surface area contributed by atoms with Crippen LogP contribution in [-0.4, -0.2) is 51.4 Å². The highest BCUT2D eigenvalue weighted by molar-refractivity contribution is 7.99. The van der Waals surface area contributed by atoms with Crippen molar-refractivity contribution >= 4 is 33.2 Å². The van der Waals surface area contributed by atoms with Crippen molar-refractivity contribution in [2.24, 2.45) is 0 Å². The lowest BCUT2D eigenvalue weighted by atomic mass is 10.1. The van der Waals surface area contributed by atoms with E-state index in [9.17, 15) is 18.0 Å². The number of methoxy groups -OCH3 is 3. The number of ether oxygens (including phenoxy) is 3. The lowest BCUT2D eigenvalue weighted by molar-refractivity contribution is -0.113. The van der Waals surface area contributed by atoms with Gasteiger partial charge in [0, 0.05) is 17.8 Å². The minimum Gasteiger partial charge on any atom is -0.493 e. The minimum absolute atomic E-state index is 0.0187. The second-order valence-electron chi connectivity index (χ2n) is 7.88. The van der Waals surface area contributed by atoms with Gasteiger partial charge >= 0.3 is 0 Å². The number of thioether (sulfide) groups is 1. The van der Waals surface area contributed by atoms with Crippen molar-refractivity contribution in [1.82, 2.24) is 9.97 Å². The van der Waals surface area contributed by atoms with Crippen LogP contribution in [0.3, 0.4) is 0 Å². The van der Waals surface area contributed by atoms with Crippen LogP contribution >= 0.6 is 11.8 Å². The van der Waals surface area contributed by atoms with E-state index in [1.165, 1.54) is 33.5 Å². The van der Waals surface area contributed by atoms with Crippen LogP contribution in [0.1, 0.15) is 25.3 Å². The molecule has 0 aliphatic heterocycles. The monoisotopic (exact) mass is 547 g/mol. The van der Waals surface area contributed by atoms with E-state index in [1.807, 2.05) is 0 Å². The molecule has 0 aliphatic carbocycles. The number of amides is 1. The van der Waals surface area contributed by atoms with Gasteiger partial charge in [-0.1, -0.05) is 37.2 Å². The molecule has 0 saturated carbocycles.